The molecule has 0 spiro atoms. The van der Waals surface area contributed by atoms with Crippen molar-refractivity contribution in [3.05, 3.63) is 89.5 Å². The number of benzene rings is 3. The largest absolute Gasteiger partial charge is 0.488 e. The average Bonchev–Trinajstić information content (AvgIpc) is 2.74. The molecule has 0 amide bonds. The summed E-state index contributed by atoms with van der Waals surface area (Å²) in [4.78, 5) is 2.47. The molecule has 3 rings (SSSR count). The predicted molar refractivity (Wildman–Crippen MR) is 123 cm³/mol. The number of hydrogen-bond acceptors (Lipinski definition) is 2. The first kappa shape index (κ1) is 20.6. The molecule has 0 saturated carbocycles. The van der Waals surface area contributed by atoms with E-state index in [1.54, 1.807) is 0 Å². The van der Waals surface area contributed by atoms with Crippen LogP contribution in [0.4, 0.5) is 0 Å². The Bertz CT molecular complexity index is 875. The van der Waals surface area contributed by atoms with Gasteiger partial charge in [0.25, 0.3) is 0 Å². The Labute approximate surface area is 171 Å². The lowest BCUT2D eigenvalue weighted by Crippen LogP contribution is -2.26. The lowest BCUT2D eigenvalue weighted by molar-refractivity contribution is 0.296. The fourth-order valence-corrected chi connectivity index (χ4v) is 4.62. The van der Waals surface area contributed by atoms with Crippen LogP contribution in [0.1, 0.15) is 30.5 Å². The number of rotatable bonds is 9. The molecule has 1 unspecified atom stereocenters. The highest BCUT2D eigenvalue weighted by Crippen LogP contribution is 2.24. The van der Waals surface area contributed by atoms with Crippen LogP contribution in [0.15, 0.2) is 72.8 Å². The Balaban J connectivity index is 1.82. The fourth-order valence-electron chi connectivity index (χ4n) is 3.29. The minimum atomic E-state index is 0.591. The molecule has 3 aromatic carbocycles. The highest BCUT2D eigenvalue weighted by Gasteiger charge is 2.12. The van der Waals surface area contributed by atoms with E-state index in [9.17, 15) is 0 Å². The molecule has 0 radical (unpaired) electrons. The molecule has 3 heteroatoms. The zero-order chi connectivity index (χ0) is 19.8. The van der Waals surface area contributed by atoms with Gasteiger partial charge in [-0.15, -0.1) is 0 Å². The van der Waals surface area contributed by atoms with Crippen LogP contribution in [-0.2, 0) is 13.2 Å². The summed E-state index contributed by atoms with van der Waals surface area (Å²) < 4.78 is 6.20. The monoisotopic (exact) mass is 391 g/mol. The molecule has 146 valence electrons. The standard InChI is InChI=1S/C25H30NOP/c1-4-26(5-2)18-22-15-11-12-20(3)25(22)28-24-17-10-9-16-23(24)27-19-21-13-7-6-8-14-21/h6-17,28H,4-5,18-19H2,1-3H3. The molecule has 0 saturated heterocycles. The topological polar surface area (TPSA) is 12.5 Å². The third-order valence-electron chi connectivity index (χ3n) is 5.03. The Hall–Kier alpha value is -2.15. The molecular weight excluding hydrogens is 361 g/mol. The lowest BCUT2D eigenvalue weighted by atomic mass is 10.1. The second-order valence-corrected chi connectivity index (χ2v) is 8.25. The van der Waals surface area contributed by atoms with Crippen LogP contribution in [0.2, 0.25) is 0 Å². The highest BCUT2D eigenvalue weighted by molar-refractivity contribution is 7.56. The Morgan fingerprint density at radius 2 is 1.54 bits per heavy atom. The summed E-state index contributed by atoms with van der Waals surface area (Å²) in [7, 11) is 0.591. The maximum Gasteiger partial charge on any atom is 0.127 e. The number of nitrogens with zero attached hydrogens (tertiary/aromatic N) is 1. The SMILES string of the molecule is CCN(CC)Cc1cccc(C)c1Pc1ccccc1OCc1ccccc1. The molecule has 1 atom stereocenters. The molecule has 0 heterocycles. The number of para-hydroxylation sites is 1. The average molecular weight is 391 g/mol. The van der Waals surface area contributed by atoms with Crippen LogP contribution < -0.4 is 15.3 Å². The fraction of sp³-hybridized carbons (Fsp3) is 0.280. The maximum absolute atomic E-state index is 6.20. The van der Waals surface area contributed by atoms with Gasteiger partial charge in [-0.2, -0.15) is 0 Å². The van der Waals surface area contributed by atoms with Gasteiger partial charge in [0.2, 0.25) is 0 Å². The summed E-state index contributed by atoms with van der Waals surface area (Å²) in [6, 6.07) is 25.5. The second kappa shape index (κ2) is 10.4. The molecular formula is C25H30NOP. The molecule has 0 N–H and O–H groups in total. The summed E-state index contributed by atoms with van der Waals surface area (Å²) >= 11 is 0. The van der Waals surface area contributed by atoms with E-state index in [1.165, 1.54) is 27.3 Å². The van der Waals surface area contributed by atoms with Crippen molar-refractivity contribution in [3.63, 3.8) is 0 Å². The summed E-state index contributed by atoms with van der Waals surface area (Å²) in [6.45, 7) is 10.4. The quantitative estimate of drug-likeness (QED) is 0.474. The van der Waals surface area contributed by atoms with Crippen molar-refractivity contribution in [2.75, 3.05) is 13.1 Å². The van der Waals surface area contributed by atoms with Crippen LogP contribution in [0, 0.1) is 6.92 Å². The van der Waals surface area contributed by atoms with E-state index in [4.69, 9.17) is 4.74 Å². The van der Waals surface area contributed by atoms with Gasteiger partial charge in [0.1, 0.15) is 12.4 Å². The first-order valence-electron chi connectivity index (χ1n) is 10.0. The Morgan fingerprint density at radius 3 is 2.29 bits per heavy atom. The van der Waals surface area contributed by atoms with Gasteiger partial charge in [0.15, 0.2) is 0 Å². The zero-order valence-electron chi connectivity index (χ0n) is 17.1. The minimum Gasteiger partial charge on any atom is -0.488 e. The van der Waals surface area contributed by atoms with Crippen molar-refractivity contribution in [1.82, 2.24) is 4.90 Å². The zero-order valence-corrected chi connectivity index (χ0v) is 18.1. The predicted octanol–water partition coefficient (Wildman–Crippen LogP) is 5.05. The maximum atomic E-state index is 6.20. The van der Waals surface area contributed by atoms with Crippen molar-refractivity contribution in [3.8, 4) is 5.75 Å². The molecule has 0 aliphatic rings. The minimum absolute atomic E-state index is 0.591. The Kier molecular flexibility index (Phi) is 7.65. The van der Waals surface area contributed by atoms with Crippen LogP contribution in [-0.4, -0.2) is 18.0 Å². The molecule has 0 aliphatic heterocycles. The van der Waals surface area contributed by atoms with Crippen LogP contribution in [0.25, 0.3) is 0 Å². The first-order valence-corrected chi connectivity index (χ1v) is 11.0. The summed E-state index contributed by atoms with van der Waals surface area (Å²) in [6.07, 6.45) is 0. The van der Waals surface area contributed by atoms with E-state index in [1.807, 2.05) is 6.07 Å². The van der Waals surface area contributed by atoms with E-state index < -0.39 is 0 Å². The van der Waals surface area contributed by atoms with Crippen LogP contribution >= 0.6 is 8.58 Å². The highest BCUT2D eigenvalue weighted by atomic mass is 31.1. The number of aryl methyl sites for hydroxylation is 1. The molecule has 0 aromatic heterocycles. The normalized spacial score (nSPS) is 11.4. The van der Waals surface area contributed by atoms with E-state index in [0.717, 1.165) is 25.4 Å². The smallest absolute Gasteiger partial charge is 0.127 e. The number of ether oxygens (including phenoxy) is 1. The van der Waals surface area contributed by atoms with Crippen molar-refractivity contribution < 1.29 is 4.74 Å². The van der Waals surface area contributed by atoms with Gasteiger partial charge in [0, 0.05) is 11.8 Å². The van der Waals surface area contributed by atoms with Gasteiger partial charge in [-0.05, 0) is 48.1 Å². The van der Waals surface area contributed by atoms with Crippen molar-refractivity contribution in [2.45, 2.75) is 33.9 Å². The van der Waals surface area contributed by atoms with E-state index in [0.29, 0.717) is 15.2 Å². The summed E-state index contributed by atoms with van der Waals surface area (Å²) in [5.41, 5.74) is 3.99. The molecule has 0 fully saturated rings. The molecule has 0 aliphatic carbocycles. The van der Waals surface area contributed by atoms with Gasteiger partial charge in [0.05, 0.1) is 0 Å². The van der Waals surface area contributed by atoms with Gasteiger partial charge in [-0.25, -0.2) is 0 Å². The number of hydrogen-bond donors (Lipinski definition) is 0. The lowest BCUT2D eigenvalue weighted by Gasteiger charge is -2.22. The van der Waals surface area contributed by atoms with Crippen LogP contribution in [0.3, 0.4) is 0 Å². The molecule has 0 bridgehead atoms. The third-order valence-corrected chi connectivity index (χ3v) is 6.68. The van der Waals surface area contributed by atoms with Gasteiger partial charge >= 0.3 is 0 Å². The molecule has 28 heavy (non-hydrogen) atoms. The van der Waals surface area contributed by atoms with Gasteiger partial charge in [-0.1, -0.05) is 89.2 Å². The Morgan fingerprint density at radius 1 is 0.821 bits per heavy atom. The molecule has 3 aromatic rings. The first-order chi connectivity index (χ1) is 13.7. The van der Waals surface area contributed by atoms with E-state index >= 15 is 0 Å². The van der Waals surface area contributed by atoms with Crippen molar-refractivity contribution in [2.24, 2.45) is 0 Å². The van der Waals surface area contributed by atoms with Crippen molar-refractivity contribution in [1.29, 1.82) is 0 Å². The summed E-state index contributed by atoms with van der Waals surface area (Å²) in [5, 5.41) is 2.72. The summed E-state index contributed by atoms with van der Waals surface area (Å²) in [5.74, 6) is 0.988. The van der Waals surface area contributed by atoms with Crippen LogP contribution in [0.5, 0.6) is 5.75 Å². The molecule has 2 nitrogen and oxygen atoms in total. The van der Waals surface area contributed by atoms with Crippen molar-refractivity contribution >= 4 is 19.2 Å². The van der Waals surface area contributed by atoms with E-state index in [2.05, 4.69) is 92.4 Å². The third kappa shape index (κ3) is 5.44. The van der Waals surface area contributed by atoms with Gasteiger partial charge in [-0.3, -0.25) is 4.90 Å². The van der Waals surface area contributed by atoms with E-state index in [-0.39, 0.29) is 0 Å². The second-order valence-electron chi connectivity index (χ2n) is 6.97. The van der Waals surface area contributed by atoms with Gasteiger partial charge < -0.3 is 4.74 Å².